The van der Waals surface area contributed by atoms with E-state index >= 15 is 0 Å². The van der Waals surface area contributed by atoms with Crippen molar-refractivity contribution in [3.8, 4) is 0 Å². The largest absolute Gasteiger partial charge is 0.356 e. The van der Waals surface area contributed by atoms with E-state index in [2.05, 4.69) is 39.0 Å². The maximum atomic E-state index is 13.1. The molecule has 0 aliphatic carbocycles. The van der Waals surface area contributed by atoms with Crippen molar-refractivity contribution in [2.45, 2.75) is 32.0 Å². The number of H-pyrrole nitrogens is 1. The van der Waals surface area contributed by atoms with Gasteiger partial charge < -0.3 is 9.88 Å². The highest BCUT2D eigenvalue weighted by Crippen LogP contribution is 2.33. The number of benzene rings is 2. The monoisotopic (exact) mass is 393 g/mol. The summed E-state index contributed by atoms with van der Waals surface area (Å²) in [6, 6.07) is 18.7. The van der Waals surface area contributed by atoms with E-state index in [9.17, 15) is 4.79 Å². The number of halogens is 1. The molecule has 2 aromatic carbocycles. The van der Waals surface area contributed by atoms with Crippen molar-refractivity contribution >= 4 is 28.4 Å². The fourth-order valence-corrected chi connectivity index (χ4v) is 5.01. The lowest BCUT2D eigenvalue weighted by molar-refractivity contribution is -0.140. The maximum absolute atomic E-state index is 13.1. The molecule has 3 aromatic rings. The predicted octanol–water partition coefficient (Wildman–Crippen LogP) is 4.44. The van der Waals surface area contributed by atoms with Crippen LogP contribution >= 0.6 is 11.6 Å². The second kappa shape index (κ2) is 7.26. The molecule has 3 aliphatic rings. The third-order valence-electron chi connectivity index (χ3n) is 6.16. The van der Waals surface area contributed by atoms with Gasteiger partial charge in [0.05, 0.1) is 10.9 Å². The van der Waals surface area contributed by atoms with Crippen molar-refractivity contribution in [3.05, 3.63) is 70.9 Å². The maximum Gasteiger partial charge on any atom is 0.227 e. The smallest absolute Gasteiger partial charge is 0.227 e. The van der Waals surface area contributed by atoms with Gasteiger partial charge in [0.2, 0.25) is 5.91 Å². The van der Waals surface area contributed by atoms with Crippen LogP contribution in [0.5, 0.6) is 0 Å². The molecule has 3 aliphatic heterocycles. The number of para-hydroxylation sites is 1. The van der Waals surface area contributed by atoms with Crippen molar-refractivity contribution < 1.29 is 4.79 Å². The number of fused-ring (bicyclic) bond motifs is 5. The molecule has 1 amide bonds. The number of hydrogen-bond donors (Lipinski definition) is 1. The van der Waals surface area contributed by atoms with Crippen LogP contribution in [0.2, 0.25) is 5.02 Å². The number of aromatic nitrogens is 1. The standard InChI is InChI=1S/C23H24ClN3O/c24-22-19-8-4-5-9-20(19)25-21(22)15-26-13-17-10-11-18(14-26)27(23(17)28)12-16-6-2-1-3-7-16/h1-9,17-18,25H,10-15H2/t17-,18+/m0/s1. The molecule has 1 N–H and O–H groups in total. The summed E-state index contributed by atoms with van der Waals surface area (Å²) < 4.78 is 0. The van der Waals surface area contributed by atoms with Gasteiger partial charge in [-0.2, -0.15) is 0 Å². The van der Waals surface area contributed by atoms with E-state index in [1.807, 2.05) is 30.3 Å². The first-order valence-electron chi connectivity index (χ1n) is 10.0. The summed E-state index contributed by atoms with van der Waals surface area (Å²) in [4.78, 5) is 21.1. The summed E-state index contributed by atoms with van der Waals surface area (Å²) in [5.41, 5.74) is 3.32. The van der Waals surface area contributed by atoms with Crippen LogP contribution in [0, 0.1) is 5.92 Å². The molecule has 4 heterocycles. The molecular weight excluding hydrogens is 370 g/mol. The van der Waals surface area contributed by atoms with Gasteiger partial charge in [-0.05, 0) is 24.5 Å². The lowest BCUT2D eigenvalue weighted by Crippen LogP contribution is -2.47. The molecule has 1 aromatic heterocycles. The summed E-state index contributed by atoms with van der Waals surface area (Å²) in [5, 5.41) is 1.87. The number of amides is 1. The van der Waals surface area contributed by atoms with Crippen LogP contribution in [0.3, 0.4) is 0 Å². The zero-order valence-electron chi connectivity index (χ0n) is 15.8. The third-order valence-corrected chi connectivity index (χ3v) is 6.59. The van der Waals surface area contributed by atoms with Gasteiger partial charge in [-0.15, -0.1) is 0 Å². The number of nitrogens with one attached hydrogen (secondary N) is 1. The molecule has 0 unspecified atom stereocenters. The van der Waals surface area contributed by atoms with E-state index in [4.69, 9.17) is 11.6 Å². The molecule has 3 fully saturated rings. The first-order valence-corrected chi connectivity index (χ1v) is 10.4. The van der Waals surface area contributed by atoms with Crippen molar-refractivity contribution in [3.63, 3.8) is 0 Å². The number of piperidine rings is 1. The fraction of sp³-hybridized carbons (Fsp3) is 0.348. The predicted molar refractivity (Wildman–Crippen MR) is 112 cm³/mol. The Morgan fingerprint density at radius 3 is 2.57 bits per heavy atom. The molecule has 2 bridgehead atoms. The summed E-state index contributed by atoms with van der Waals surface area (Å²) in [6.07, 6.45) is 2.08. The first-order chi connectivity index (χ1) is 13.7. The van der Waals surface area contributed by atoms with Gasteiger partial charge in [0.15, 0.2) is 0 Å². The topological polar surface area (TPSA) is 39.3 Å². The van der Waals surface area contributed by atoms with E-state index in [0.717, 1.165) is 54.1 Å². The van der Waals surface area contributed by atoms with Crippen molar-refractivity contribution in [2.75, 3.05) is 13.1 Å². The van der Waals surface area contributed by atoms with E-state index in [1.165, 1.54) is 5.56 Å². The lowest BCUT2D eigenvalue weighted by Gasteiger charge is -2.36. The number of hydrogen-bond acceptors (Lipinski definition) is 2. The summed E-state index contributed by atoms with van der Waals surface area (Å²) in [7, 11) is 0. The zero-order chi connectivity index (χ0) is 19.1. The number of nitrogens with zero attached hydrogens (tertiary/aromatic N) is 2. The number of aromatic amines is 1. The van der Waals surface area contributed by atoms with Gasteiger partial charge >= 0.3 is 0 Å². The highest BCUT2D eigenvalue weighted by atomic mass is 35.5. The molecule has 0 saturated carbocycles. The van der Waals surface area contributed by atoms with E-state index in [1.54, 1.807) is 0 Å². The van der Waals surface area contributed by atoms with Crippen LogP contribution in [-0.4, -0.2) is 39.8 Å². The summed E-state index contributed by atoms with van der Waals surface area (Å²) in [6.45, 7) is 3.18. The summed E-state index contributed by atoms with van der Waals surface area (Å²) >= 11 is 6.63. The fourth-order valence-electron chi connectivity index (χ4n) is 4.74. The van der Waals surface area contributed by atoms with E-state index in [-0.39, 0.29) is 12.0 Å². The van der Waals surface area contributed by atoms with Crippen LogP contribution in [0.1, 0.15) is 24.1 Å². The van der Waals surface area contributed by atoms with Crippen LogP contribution in [0.15, 0.2) is 54.6 Å². The first kappa shape index (κ1) is 17.8. The van der Waals surface area contributed by atoms with E-state index < -0.39 is 0 Å². The number of rotatable bonds is 4. The Hall–Kier alpha value is -2.30. The SMILES string of the molecule is O=C1[C@H]2CC[C@H](CN(Cc3[nH]c4ccccc4c3Cl)C2)N1Cc1ccccc1. The highest BCUT2D eigenvalue weighted by Gasteiger charge is 2.40. The van der Waals surface area contributed by atoms with Gasteiger partial charge in [-0.1, -0.05) is 60.1 Å². The van der Waals surface area contributed by atoms with Gasteiger partial charge in [-0.25, -0.2) is 0 Å². The van der Waals surface area contributed by atoms with Crippen molar-refractivity contribution in [2.24, 2.45) is 5.92 Å². The van der Waals surface area contributed by atoms with Crippen molar-refractivity contribution in [1.82, 2.24) is 14.8 Å². The Morgan fingerprint density at radius 1 is 0.964 bits per heavy atom. The van der Waals surface area contributed by atoms with Crippen LogP contribution in [0.4, 0.5) is 0 Å². The average molecular weight is 394 g/mol. The Labute approximate surface area is 170 Å². The quantitative estimate of drug-likeness (QED) is 0.711. The molecule has 144 valence electrons. The second-order valence-electron chi connectivity index (χ2n) is 8.04. The third kappa shape index (κ3) is 3.21. The Bertz CT molecular complexity index is 1000. The molecule has 0 spiro atoms. The van der Waals surface area contributed by atoms with Gasteiger partial charge in [0.1, 0.15) is 0 Å². The van der Waals surface area contributed by atoms with Crippen LogP contribution in [0.25, 0.3) is 10.9 Å². The van der Waals surface area contributed by atoms with Gasteiger partial charge in [0, 0.05) is 48.8 Å². The minimum Gasteiger partial charge on any atom is -0.356 e. The molecule has 6 rings (SSSR count). The highest BCUT2D eigenvalue weighted by molar-refractivity contribution is 6.36. The second-order valence-corrected chi connectivity index (χ2v) is 8.42. The Balaban J connectivity index is 1.37. The molecule has 2 atom stereocenters. The van der Waals surface area contributed by atoms with E-state index in [0.29, 0.717) is 12.5 Å². The van der Waals surface area contributed by atoms with Gasteiger partial charge in [-0.3, -0.25) is 9.69 Å². The molecule has 0 radical (unpaired) electrons. The lowest BCUT2D eigenvalue weighted by atomic mass is 9.93. The van der Waals surface area contributed by atoms with Crippen molar-refractivity contribution in [1.29, 1.82) is 0 Å². The van der Waals surface area contributed by atoms with Crippen LogP contribution < -0.4 is 0 Å². The molecule has 3 saturated heterocycles. The normalized spacial score (nSPS) is 22.8. The molecule has 5 heteroatoms. The molecule has 4 nitrogen and oxygen atoms in total. The minimum absolute atomic E-state index is 0.0885. The Kier molecular flexibility index (Phi) is 4.61. The van der Waals surface area contributed by atoms with Gasteiger partial charge in [0.25, 0.3) is 0 Å². The molecule has 28 heavy (non-hydrogen) atoms. The minimum atomic E-state index is 0.0885. The average Bonchev–Trinajstić information content (AvgIpc) is 2.85. The Morgan fingerprint density at radius 2 is 1.75 bits per heavy atom. The molecular formula is C23H24ClN3O. The number of carbonyl (C=O) groups is 1. The zero-order valence-corrected chi connectivity index (χ0v) is 16.5. The number of carbonyl (C=O) groups excluding carboxylic acids is 1. The van der Waals surface area contributed by atoms with Crippen LogP contribution in [-0.2, 0) is 17.9 Å². The summed E-state index contributed by atoms with van der Waals surface area (Å²) in [5.74, 6) is 0.399.